The van der Waals surface area contributed by atoms with Gasteiger partial charge in [0, 0.05) is 21.5 Å². The molecule has 0 N–H and O–H groups in total. The molecule has 0 fully saturated rings. The van der Waals surface area contributed by atoms with Crippen LogP contribution in [-0.4, -0.2) is 0 Å². The van der Waals surface area contributed by atoms with Gasteiger partial charge in [0.1, 0.15) is 22.3 Å². The molecule has 322 valence electrons. The van der Waals surface area contributed by atoms with E-state index in [-0.39, 0.29) is 0 Å². The minimum Gasteiger partial charge on any atom is -0.456 e. The van der Waals surface area contributed by atoms with Gasteiger partial charge in [0.05, 0.1) is 0 Å². The zero-order valence-electron chi connectivity index (χ0n) is 37.8. The topological polar surface area (TPSA) is 26.3 Å². The molecule has 70 heavy (non-hydrogen) atoms. The van der Waals surface area contributed by atoms with E-state index in [4.69, 9.17) is 8.83 Å². The third kappa shape index (κ3) is 5.22. The van der Waals surface area contributed by atoms with Gasteiger partial charge in [-0.1, -0.05) is 176 Å². The maximum absolute atomic E-state index is 6.95. The van der Waals surface area contributed by atoms with Crippen LogP contribution in [0.2, 0.25) is 0 Å². The average Bonchev–Trinajstić information content (AvgIpc) is 3.98. The van der Waals surface area contributed by atoms with Crippen LogP contribution in [0.15, 0.2) is 239 Å². The molecule has 0 radical (unpaired) electrons. The first kappa shape index (κ1) is 37.8. The predicted octanol–water partition coefficient (Wildman–Crippen LogP) is 19.7. The quantitative estimate of drug-likeness (QED) is 0.131. The van der Waals surface area contributed by atoms with Gasteiger partial charge < -0.3 is 8.83 Å². The zero-order valence-corrected chi connectivity index (χ0v) is 37.8. The molecule has 0 saturated heterocycles. The number of furan rings is 2. The Bertz CT molecular complexity index is 4840. The van der Waals surface area contributed by atoms with Crippen molar-refractivity contribution in [1.82, 2.24) is 0 Å². The third-order valence-corrected chi connectivity index (χ3v) is 15.4. The number of benzene rings is 14. The highest BCUT2D eigenvalue weighted by Gasteiger charge is 2.24. The van der Waals surface area contributed by atoms with Crippen molar-refractivity contribution in [3.05, 3.63) is 231 Å². The van der Waals surface area contributed by atoms with Gasteiger partial charge in [-0.3, -0.25) is 0 Å². The molecule has 0 saturated carbocycles. The van der Waals surface area contributed by atoms with Crippen LogP contribution < -0.4 is 0 Å². The van der Waals surface area contributed by atoms with Crippen LogP contribution >= 0.6 is 0 Å². The maximum Gasteiger partial charge on any atom is 0.136 e. The zero-order chi connectivity index (χ0) is 45.6. The van der Waals surface area contributed by atoms with E-state index >= 15 is 0 Å². The molecule has 0 unspecified atom stereocenters. The van der Waals surface area contributed by atoms with Crippen LogP contribution in [0.5, 0.6) is 0 Å². The highest BCUT2D eigenvalue weighted by Crippen LogP contribution is 2.51. The molecule has 0 aliphatic heterocycles. The van der Waals surface area contributed by atoms with Gasteiger partial charge in [-0.05, 0) is 174 Å². The van der Waals surface area contributed by atoms with Gasteiger partial charge in [-0.2, -0.15) is 0 Å². The normalized spacial score (nSPS) is 12.3. The summed E-state index contributed by atoms with van der Waals surface area (Å²) in [5, 5.41) is 24.2. The first-order chi connectivity index (χ1) is 34.7. The fraction of sp³-hybridized carbons (Fsp3) is 0. The molecule has 16 rings (SSSR count). The molecular formula is C68H38O2. The van der Waals surface area contributed by atoms with Crippen molar-refractivity contribution >= 4 is 130 Å². The first-order valence-electron chi connectivity index (χ1n) is 24.1. The first-order valence-corrected chi connectivity index (χ1v) is 24.1. The van der Waals surface area contributed by atoms with Gasteiger partial charge >= 0.3 is 0 Å². The van der Waals surface area contributed by atoms with Crippen molar-refractivity contribution in [3.63, 3.8) is 0 Å². The lowest BCUT2D eigenvalue weighted by Crippen LogP contribution is -1.94. The fourth-order valence-corrected chi connectivity index (χ4v) is 12.4. The van der Waals surface area contributed by atoms with E-state index in [1.807, 2.05) is 6.07 Å². The Morgan fingerprint density at radius 3 is 1.07 bits per heavy atom. The van der Waals surface area contributed by atoms with E-state index in [0.29, 0.717) is 0 Å². The molecule has 16 aromatic rings. The van der Waals surface area contributed by atoms with Gasteiger partial charge in [0.15, 0.2) is 0 Å². The molecule has 2 heterocycles. The molecule has 0 aliphatic rings. The Labute approximate surface area is 400 Å². The lowest BCUT2D eigenvalue weighted by molar-refractivity contribution is 0.669. The van der Waals surface area contributed by atoms with Gasteiger partial charge in [-0.15, -0.1) is 0 Å². The summed E-state index contributed by atoms with van der Waals surface area (Å²) in [7, 11) is 0. The second kappa shape index (κ2) is 14.1. The summed E-state index contributed by atoms with van der Waals surface area (Å²) in [5.41, 5.74) is 10.8. The van der Waals surface area contributed by atoms with Crippen molar-refractivity contribution in [2.75, 3.05) is 0 Å². The summed E-state index contributed by atoms with van der Waals surface area (Å²) in [4.78, 5) is 0. The van der Waals surface area contributed by atoms with Crippen LogP contribution in [-0.2, 0) is 0 Å². The number of hydrogen-bond acceptors (Lipinski definition) is 2. The Morgan fingerprint density at radius 1 is 0.171 bits per heavy atom. The van der Waals surface area contributed by atoms with E-state index in [1.54, 1.807) is 0 Å². The number of para-hydroxylation sites is 1. The molecule has 2 aromatic heterocycles. The summed E-state index contributed by atoms with van der Waals surface area (Å²) in [6, 6.07) is 84.7. The molecule has 0 aliphatic carbocycles. The number of rotatable bonds is 3. The maximum atomic E-state index is 6.95. The fourth-order valence-electron chi connectivity index (χ4n) is 12.4. The van der Waals surface area contributed by atoms with E-state index < -0.39 is 0 Å². The van der Waals surface area contributed by atoms with Crippen LogP contribution in [0.1, 0.15) is 0 Å². The van der Waals surface area contributed by atoms with Gasteiger partial charge in [-0.25, -0.2) is 0 Å². The summed E-state index contributed by atoms with van der Waals surface area (Å²) in [6.07, 6.45) is 0. The molecule has 2 heteroatoms. The Kier molecular flexibility index (Phi) is 7.64. The van der Waals surface area contributed by atoms with E-state index in [0.717, 1.165) is 49.4 Å². The SMILES string of the molecule is c1ccc2cc3c(cc2c1)c1ccccc1c1cc2oc4cc(-c5c6ccccc6c(-c6c7ccccc7c(-c7ccc8oc9ccccc9c8c7)c7ccccc67)c6ccccc56)ccc4c2cc31. The third-order valence-electron chi connectivity index (χ3n) is 15.4. The highest BCUT2D eigenvalue weighted by atomic mass is 16.3. The lowest BCUT2D eigenvalue weighted by Gasteiger charge is -2.22. The molecular weight excluding hydrogens is 849 g/mol. The Balaban J connectivity index is 0.936. The van der Waals surface area contributed by atoms with E-state index in [1.165, 1.54) is 114 Å². The Morgan fingerprint density at radius 2 is 0.514 bits per heavy atom. The second-order valence-electron chi connectivity index (χ2n) is 19.0. The molecule has 14 aromatic carbocycles. The number of hydrogen-bond donors (Lipinski definition) is 0. The van der Waals surface area contributed by atoms with Crippen molar-refractivity contribution in [2.24, 2.45) is 0 Å². The van der Waals surface area contributed by atoms with Crippen LogP contribution in [0.25, 0.3) is 163 Å². The van der Waals surface area contributed by atoms with Crippen molar-refractivity contribution in [1.29, 1.82) is 0 Å². The van der Waals surface area contributed by atoms with Gasteiger partial charge in [0.2, 0.25) is 0 Å². The average molecular weight is 887 g/mol. The van der Waals surface area contributed by atoms with Crippen LogP contribution in [0, 0.1) is 0 Å². The lowest BCUT2D eigenvalue weighted by atomic mass is 9.81. The summed E-state index contributed by atoms with van der Waals surface area (Å²) in [5.74, 6) is 0. The van der Waals surface area contributed by atoms with Crippen LogP contribution in [0.3, 0.4) is 0 Å². The van der Waals surface area contributed by atoms with Crippen molar-refractivity contribution in [3.8, 4) is 33.4 Å². The minimum atomic E-state index is 0.883. The molecule has 0 spiro atoms. The van der Waals surface area contributed by atoms with Crippen molar-refractivity contribution in [2.45, 2.75) is 0 Å². The summed E-state index contributed by atoms with van der Waals surface area (Å²) < 4.78 is 13.2. The predicted molar refractivity (Wildman–Crippen MR) is 297 cm³/mol. The van der Waals surface area contributed by atoms with E-state index in [2.05, 4.69) is 224 Å². The second-order valence-corrected chi connectivity index (χ2v) is 19.0. The van der Waals surface area contributed by atoms with E-state index in [9.17, 15) is 0 Å². The number of fused-ring (bicyclic) bond motifs is 17. The standard InChI is InChI=1S/C68H38O2/c1-2-16-40-34-56-55(33-39(40)15-1)43-17-3-4-18-44(43)58-38-64-60(37-57(56)58)46-31-29-42(36-63(46)70-64)66-49-22-7-11-26-53(49)68(54-27-12-8-23-50(54)66)67-51-24-9-5-20-47(51)65(48-21-6-10-25-52(48)67)41-30-32-62-59(35-41)45-19-13-14-28-61(45)69-62/h1-38H. The molecule has 0 amide bonds. The molecule has 2 nitrogen and oxygen atoms in total. The van der Waals surface area contributed by atoms with Crippen LogP contribution in [0.4, 0.5) is 0 Å². The molecule has 0 bridgehead atoms. The highest BCUT2D eigenvalue weighted by molar-refractivity contribution is 6.32. The van der Waals surface area contributed by atoms with Gasteiger partial charge in [0.25, 0.3) is 0 Å². The Hall–Kier alpha value is -9.24. The summed E-state index contributed by atoms with van der Waals surface area (Å²) >= 11 is 0. The van der Waals surface area contributed by atoms with Crippen molar-refractivity contribution < 1.29 is 8.83 Å². The molecule has 0 atom stereocenters. The monoisotopic (exact) mass is 886 g/mol. The largest absolute Gasteiger partial charge is 0.456 e. The minimum absolute atomic E-state index is 0.883. The smallest absolute Gasteiger partial charge is 0.136 e. The summed E-state index contributed by atoms with van der Waals surface area (Å²) in [6.45, 7) is 0.